The van der Waals surface area contributed by atoms with Crippen LogP contribution in [0.25, 0.3) is 17.0 Å². The summed E-state index contributed by atoms with van der Waals surface area (Å²) in [4.78, 5) is 20.7. The first-order chi connectivity index (χ1) is 15.6. The Morgan fingerprint density at radius 2 is 1.88 bits per heavy atom. The number of hydrogen-bond acceptors (Lipinski definition) is 8. The molecule has 0 N–H and O–H groups in total. The van der Waals surface area contributed by atoms with Crippen molar-refractivity contribution in [3.8, 4) is 12.0 Å². The van der Waals surface area contributed by atoms with Crippen molar-refractivity contribution in [2.45, 2.75) is 39.4 Å². The number of aryl methyl sites for hydroxylation is 1. The van der Waals surface area contributed by atoms with Crippen molar-refractivity contribution >= 4 is 17.0 Å². The Hall–Kier alpha value is -3.96. The topological polar surface area (TPSA) is 110 Å². The summed E-state index contributed by atoms with van der Waals surface area (Å²) in [6.45, 7) is 5.31. The van der Waals surface area contributed by atoms with Crippen molar-refractivity contribution in [1.82, 2.24) is 34.7 Å². The number of benzene rings is 1. The van der Waals surface area contributed by atoms with Crippen LogP contribution in [0.15, 0.2) is 30.3 Å². The number of esters is 1. The van der Waals surface area contributed by atoms with Gasteiger partial charge < -0.3 is 9.47 Å². The predicted molar refractivity (Wildman–Crippen MR) is 111 cm³/mol. The van der Waals surface area contributed by atoms with E-state index in [0.717, 1.165) is 12.1 Å². The number of pyridine rings is 1. The van der Waals surface area contributed by atoms with Crippen LogP contribution in [0.2, 0.25) is 0 Å². The largest absolute Gasteiger partial charge is 0.460 e. The van der Waals surface area contributed by atoms with Crippen molar-refractivity contribution in [3.05, 3.63) is 53.4 Å². The number of fused-ring (bicyclic) bond motifs is 1. The number of carbonyl (C=O) groups excluding carboxylic acids is 1. The van der Waals surface area contributed by atoms with Crippen molar-refractivity contribution < 1.29 is 23.0 Å². The van der Waals surface area contributed by atoms with Crippen LogP contribution in [-0.4, -0.2) is 46.3 Å². The number of hydrogen-bond donors (Lipinski definition) is 0. The number of nitrogens with zero attached hydrogens (tertiary/aromatic N) is 7. The molecule has 0 bridgehead atoms. The van der Waals surface area contributed by atoms with Gasteiger partial charge in [0.05, 0.1) is 23.3 Å². The van der Waals surface area contributed by atoms with Gasteiger partial charge in [-0.2, -0.15) is 4.98 Å². The van der Waals surface area contributed by atoms with E-state index in [1.807, 2.05) is 0 Å². The molecule has 0 saturated heterocycles. The van der Waals surface area contributed by atoms with Gasteiger partial charge in [0, 0.05) is 19.2 Å². The third-order valence-electron chi connectivity index (χ3n) is 4.40. The lowest BCUT2D eigenvalue weighted by atomic mass is 10.2. The minimum absolute atomic E-state index is 0.00127. The van der Waals surface area contributed by atoms with E-state index in [2.05, 4.69) is 25.5 Å². The molecule has 0 aliphatic heterocycles. The number of carbonyl (C=O) groups is 1. The van der Waals surface area contributed by atoms with Crippen molar-refractivity contribution in [1.29, 1.82) is 0 Å². The molecule has 3 heterocycles. The Labute approximate surface area is 187 Å². The number of ether oxygens (including phenoxy) is 2. The molecule has 0 aliphatic rings. The Balaban J connectivity index is 1.61. The Morgan fingerprint density at radius 3 is 2.58 bits per heavy atom. The first-order valence-electron chi connectivity index (χ1n) is 10.0. The SMILES string of the molecule is Cn1nnnc1-n1c(OCc2cccc(CC(=O)OC(C)(C)C)n2)nc2c(F)cc(F)cc21. The number of rotatable bonds is 6. The molecule has 33 heavy (non-hydrogen) atoms. The van der Waals surface area contributed by atoms with E-state index in [0.29, 0.717) is 11.4 Å². The number of tetrazole rings is 1. The van der Waals surface area contributed by atoms with Gasteiger partial charge in [0.15, 0.2) is 5.82 Å². The molecule has 0 spiro atoms. The fraction of sp³-hybridized carbons (Fsp3) is 0.333. The van der Waals surface area contributed by atoms with Gasteiger partial charge >= 0.3 is 12.0 Å². The average molecular weight is 457 g/mol. The highest BCUT2D eigenvalue weighted by Gasteiger charge is 2.22. The first-order valence-corrected chi connectivity index (χ1v) is 10.0. The van der Waals surface area contributed by atoms with Gasteiger partial charge in [-0.05, 0) is 43.3 Å². The van der Waals surface area contributed by atoms with Gasteiger partial charge in [0.2, 0.25) is 0 Å². The maximum absolute atomic E-state index is 14.4. The smallest absolute Gasteiger partial charge is 0.312 e. The van der Waals surface area contributed by atoms with E-state index in [1.54, 1.807) is 46.0 Å². The number of halogens is 2. The summed E-state index contributed by atoms with van der Waals surface area (Å²) in [5.41, 5.74) is 0.412. The van der Waals surface area contributed by atoms with E-state index >= 15 is 0 Å². The van der Waals surface area contributed by atoms with Gasteiger partial charge in [-0.15, -0.1) is 0 Å². The fourth-order valence-electron chi connectivity index (χ4n) is 3.16. The highest BCUT2D eigenvalue weighted by Crippen LogP contribution is 2.28. The average Bonchev–Trinajstić information content (AvgIpc) is 3.28. The van der Waals surface area contributed by atoms with Gasteiger partial charge in [-0.25, -0.2) is 18.0 Å². The Morgan fingerprint density at radius 1 is 1.12 bits per heavy atom. The summed E-state index contributed by atoms with van der Waals surface area (Å²) >= 11 is 0. The number of imidazole rings is 1. The van der Waals surface area contributed by atoms with E-state index < -0.39 is 23.2 Å². The van der Waals surface area contributed by atoms with E-state index in [-0.39, 0.29) is 36.0 Å². The van der Waals surface area contributed by atoms with Gasteiger partial charge in [-0.3, -0.25) is 9.78 Å². The molecule has 4 aromatic rings. The van der Waals surface area contributed by atoms with Crippen LogP contribution >= 0.6 is 0 Å². The van der Waals surface area contributed by atoms with Crippen LogP contribution in [0.1, 0.15) is 32.2 Å². The molecule has 0 atom stereocenters. The van der Waals surface area contributed by atoms with Crippen molar-refractivity contribution in [3.63, 3.8) is 0 Å². The van der Waals surface area contributed by atoms with E-state index in [4.69, 9.17) is 9.47 Å². The molecule has 12 heteroatoms. The second-order valence-electron chi connectivity index (χ2n) is 8.26. The summed E-state index contributed by atoms with van der Waals surface area (Å²) in [6, 6.07) is 6.94. The standard InChI is InChI=1S/C21H21F2N7O3/c1-21(2,3)33-17(31)10-13-6-5-7-14(24-13)11-32-20-25-18-15(23)8-12(22)9-16(18)30(20)19-26-27-28-29(19)4/h5-9H,10-11H2,1-4H3. The monoisotopic (exact) mass is 457 g/mol. The predicted octanol–water partition coefficient (Wildman–Crippen LogP) is 2.69. The number of aromatic nitrogens is 7. The molecule has 0 fully saturated rings. The summed E-state index contributed by atoms with van der Waals surface area (Å²) in [7, 11) is 1.57. The Kier molecular flexibility index (Phi) is 5.75. The fourth-order valence-corrected chi connectivity index (χ4v) is 3.16. The first kappa shape index (κ1) is 22.2. The zero-order chi connectivity index (χ0) is 23.8. The van der Waals surface area contributed by atoms with Crippen LogP contribution in [-0.2, 0) is 29.6 Å². The van der Waals surface area contributed by atoms with Gasteiger partial charge in [0.25, 0.3) is 5.95 Å². The van der Waals surface area contributed by atoms with Gasteiger partial charge in [0.1, 0.15) is 23.5 Å². The summed E-state index contributed by atoms with van der Waals surface area (Å²) in [6.07, 6.45) is -0.00127. The lowest BCUT2D eigenvalue weighted by molar-refractivity contribution is -0.154. The maximum Gasteiger partial charge on any atom is 0.312 e. The van der Waals surface area contributed by atoms with E-state index in [1.165, 1.54) is 9.25 Å². The quantitative estimate of drug-likeness (QED) is 0.407. The van der Waals surface area contributed by atoms with Crippen LogP contribution in [0.5, 0.6) is 6.01 Å². The zero-order valence-corrected chi connectivity index (χ0v) is 18.4. The van der Waals surface area contributed by atoms with E-state index in [9.17, 15) is 13.6 Å². The Bertz CT molecular complexity index is 1330. The maximum atomic E-state index is 14.4. The van der Waals surface area contributed by atoms with Crippen LogP contribution in [0, 0.1) is 11.6 Å². The molecule has 0 saturated carbocycles. The van der Waals surface area contributed by atoms with Crippen LogP contribution in [0.4, 0.5) is 8.78 Å². The molecule has 4 rings (SSSR count). The summed E-state index contributed by atoms with van der Waals surface area (Å²) in [5.74, 6) is -1.87. The van der Waals surface area contributed by atoms with Crippen LogP contribution in [0.3, 0.4) is 0 Å². The molecular formula is C21H21F2N7O3. The molecule has 0 radical (unpaired) electrons. The molecule has 0 unspecified atom stereocenters. The lowest BCUT2D eigenvalue weighted by Gasteiger charge is -2.19. The molecule has 3 aromatic heterocycles. The van der Waals surface area contributed by atoms with Crippen molar-refractivity contribution in [2.75, 3.05) is 0 Å². The van der Waals surface area contributed by atoms with Gasteiger partial charge in [-0.1, -0.05) is 11.2 Å². The molecule has 10 nitrogen and oxygen atoms in total. The zero-order valence-electron chi connectivity index (χ0n) is 18.4. The third-order valence-corrected chi connectivity index (χ3v) is 4.40. The van der Waals surface area contributed by atoms with Crippen molar-refractivity contribution in [2.24, 2.45) is 7.05 Å². The molecular weight excluding hydrogens is 436 g/mol. The third kappa shape index (κ3) is 4.94. The normalized spacial score (nSPS) is 11.7. The molecule has 0 amide bonds. The molecule has 172 valence electrons. The molecule has 1 aromatic carbocycles. The molecule has 0 aliphatic carbocycles. The summed E-state index contributed by atoms with van der Waals surface area (Å²) < 4.78 is 42.0. The van der Waals surface area contributed by atoms with Crippen LogP contribution < -0.4 is 4.74 Å². The summed E-state index contributed by atoms with van der Waals surface area (Å²) in [5, 5.41) is 11.2. The highest BCUT2D eigenvalue weighted by molar-refractivity contribution is 5.79. The minimum Gasteiger partial charge on any atom is -0.460 e. The second kappa shape index (κ2) is 8.52. The lowest BCUT2D eigenvalue weighted by Crippen LogP contribution is -2.25. The minimum atomic E-state index is -0.846. The highest BCUT2D eigenvalue weighted by atomic mass is 19.1. The second-order valence-corrected chi connectivity index (χ2v) is 8.26.